The van der Waals surface area contributed by atoms with Crippen LogP contribution in [0.1, 0.15) is 342 Å². The van der Waals surface area contributed by atoms with Gasteiger partial charge in [-0.25, -0.2) is 0 Å². The van der Waals surface area contributed by atoms with E-state index in [9.17, 15) is 14.4 Å². The highest BCUT2D eigenvalue weighted by Gasteiger charge is 2.19. The molecular formula is C75H130O6. The highest BCUT2D eigenvalue weighted by molar-refractivity contribution is 5.71. The lowest BCUT2D eigenvalue weighted by molar-refractivity contribution is -0.167. The van der Waals surface area contributed by atoms with Crippen molar-refractivity contribution < 1.29 is 28.6 Å². The number of unbranched alkanes of at least 4 members (excludes halogenated alkanes) is 36. The molecule has 466 valence electrons. The van der Waals surface area contributed by atoms with Gasteiger partial charge in [0.1, 0.15) is 13.2 Å². The van der Waals surface area contributed by atoms with Crippen LogP contribution >= 0.6 is 0 Å². The molecule has 0 bridgehead atoms. The second-order valence-corrected chi connectivity index (χ2v) is 23.1. The van der Waals surface area contributed by atoms with Gasteiger partial charge >= 0.3 is 17.9 Å². The smallest absolute Gasteiger partial charge is 0.306 e. The van der Waals surface area contributed by atoms with Gasteiger partial charge in [0.25, 0.3) is 0 Å². The van der Waals surface area contributed by atoms with Crippen LogP contribution in [0.15, 0.2) is 97.2 Å². The zero-order valence-corrected chi connectivity index (χ0v) is 53.5. The molecular weight excluding hydrogens is 997 g/mol. The first-order chi connectivity index (χ1) is 40.0. The van der Waals surface area contributed by atoms with Crippen molar-refractivity contribution >= 4 is 17.9 Å². The summed E-state index contributed by atoms with van der Waals surface area (Å²) in [5, 5.41) is 0. The molecule has 0 aliphatic rings. The van der Waals surface area contributed by atoms with Crippen molar-refractivity contribution in [2.24, 2.45) is 0 Å². The number of rotatable bonds is 63. The highest BCUT2D eigenvalue weighted by Crippen LogP contribution is 2.17. The standard InChI is InChI=1S/C75H130O6/c1-4-7-10-13-16-19-21-23-25-27-29-31-32-33-34-35-36-37-38-39-40-41-42-44-45-47-49-51-53-56-59-62-65-68-74(77)80-71-72(70-79-73(76)67-64-61-58-55-18-15-12-9-6-3)81-75(78)69-66-63-60-57-54-52-50-48-46-43-30-28-26-24-22-20-17-14-11-8-5-2/h7,10,16,19,23,25,29,31,33-34,36-37,39-40,42,44,72H,4-6,8-9,11-15,17-18,20-22,24,26-28,30,32,35,38,41,43,45-71H2,1-3H3/b10-7-,19-16-,25-23-,31-29-,34-33-,37-36-,40-39-,44-42-. The fourth-order valence-electron chi connectivity index (χ4n) is 9.93. The number of ether oxygens (including phenoxy) is 3. The molecule has 0 aliphatic carbocycles. The van der Waals surface area contributed by atoms with E-state index >= 15 is 0 Å². The number of hydrogen-bond acceptors (Lipinski definition) is 6. The van der Waals surface area contributed by atoms with Gasteiger partial charge in [-0.2, -0.15) is 0 Å². The molecule has 0 spiro atoms. The summed E-state index contributed by atoms with van der Waals surface area (Å²) in [5.41, 5.74) is 0. The molecule has 0 fully saturated rings. The van der Waals surface area contributed by atoms with Gasteiger partial charge in [0.05, 0.1) is 0 Å². The molecule has 0 saturated heterocycles. The lowest BCUT2D eigenvalue weighted by atomic mass is 10.0. The van der Waals surface area contributed by atoms with Gasteiger partial charge < -0.3 is 14.2 Å². The van der Waals surface area contributed by atoms with Crippen molar-refractivity contribution in [1.82, 2.24) is 0 Å². The molecule has 0 radical (unpaired) electrons. The monoisotopic (exact) mass is 1130 g/mol. The third-order valence-corrected chi connectivity index (χ3v) is 15.1. The van der Waals surface area contributed by atoms with Crippen LogP contribution in [0.3, 0.4) is 0 Å². The Morgan fingerprint density at radius 1 is 0.259 bits per heavy atom. The SMILES string of the molecule is CC/C=C\C/C=C\C/C=C\C/C=C\C/C=C\C/C=C\C/C=C\C/C=C\CCCCCCCCCCC(=O)OCC(COC(=O)CCCCCCCCCCC)OC(=O)CCCCCCCCCCCCCCCCCCCCCCC. The Kier molecular flexibility index (Phi) is 65.7. The average molecular weight is 1130 g/mol. The summed E-state index contributed by atoms with van der Waals surface area (Å²) in [4.78, 5) is 38.3. The Balaban J connectivity index is 4.18. The maximum atomic E-state index is 12.9. The molecule has 0 saturated carbocycles. The second-order valence-electron chi connectivity index (χ2n) is 23.1. The van der Waals surface area contributed by atoms with Crippen molar-refractivity contribution in [3.63, 3.8) is 0 Å². The minimum atomic E-state index is -0.777. The predicted molar refractivity (Wildman–Crippen MR) is 353 cm³/mol. The van der Waals surface area contributed by atoms with Crippen LogP contribution in [0.5, 0.6) is 0 Å². The summed E-state index contributed by atoms with van der Waals surface area (Å²) < 4.78 is 16.9. The minimum absolute atomic E-state index is 0.0749. The molecule has 1 atom stereocenters. The van der Waals surface area contributed by atoms with Crippen LogP contribution in [0.4, 0.5) is 0 Å². The average Bonchev–Trinajstić information content (AvgIpc) is 3.47. The van der Waals surface area contributed by atoms with Gasteiger partial charge in [0.15, 0.2) is 6.10 Å². The summed E-state index contributed by atoms with van der Waals surface area (Å²) in [5.74, 6) is -0.870. The Morgan fingerprint density at radius 3 is 0.753 bits per heavy atom. The number of carbonyl (C=O) groups excluding carboxylic acids is 3. The first-order valence-corrected chi connectivity index (χ1v) is 34.7. The molecule has 6 heteroatoms. The van der Waals surface area contributed by atoms with Gasteiger partial charge in [-0.05, 0) is 83.5 Å². The minimum Gasteiger partial charge on any atom is -0.462 e. The van der Waals surface area contributed by atoms with Gasteiger partial charge in [-0.3, -0.25) is 14.4 Å². The largest absolute Gasteiger partial charge is 0.462 e. The van der Waals surface area contributed by atoms with Gasteiger partial charge in [-0.15, -0.1) is 0 Å². The molecule has 0 aromatic carbocycles. The maximum absolute atomic E-state index is 12.9. The summed E-state index contributed by atoms with van der Waals surface area (Å²) >= 11 is 0. The van der Waals surface area contributed by atoms with E-state index in [2.05, 4.69) is 118 Å². The van der Waals surface area contributed by atoms with Crippen molar-refractivity contribution in [2.75, 3.05) is 13.2 Å². The zero-order valence-electron chi connectivity index (χ0n) is 53.5. The van der Waals surface area contributed by atoms with Gasteiger partial charge in [0, 0.05) is 19.3 Å². The fraction of sp³-hybridized carbons (Fsp3) is 0.747. The second kappa shape index (κ2) is 68.8. The molecule has 0 aromatic rings. The quantitative estimate of drug-likeness (QED) is 0.0261. The Morgan fingerprint density at radius 2 is 0.481 bits per heavy atom. The molecule has 0 N–H and O–H groups in total. The lowest BCUT2D eigenvalue weighted by Crippen LogP contribution is -2.30. The van der Waals surface area contributed by atoms with E-state index in [1.54, 1.807) is 0 Å². The summed E-state index contributed by atoms with van der Waals surface area (Å²) in [7, 11) is 0. The number of allylic oxidation sites excluding steroid dienone is 16. The Labute approximate surface area is 502 Å². The normalized spacial score (nSPS) is 12.7. The van der Waals surface area contributed by atoms with Crippen LogP contribution in [0.25, 0.3) is 0 Å². The van der Waals surface area contributed by atoms with Crippen LogP contribution in [-0.2, 0) is 28.6 Å². The van der Waals surface area contributed by atoms with E-state index in [0.29, 0.717) is 19.3 Å². The maximum Gasteiger partial charge on any atom is 0.306 e. The van der Waals surface area contributed by atoms with Crippen molar-refractivity contribution in [2.45, 2.75) is 348 Å². The number of esters is 3. The van der Waals surface area contributed by atoms with E-state index in [-0.39, 0.29) is 31.1 Å². The third-order valence-electron chi connectivity index (χ3n) is 15.1. The van der Waals surface area contributed by atoms with E-state index < -0.39 is 6.10 Å². The summed E-state index contributed by atoms with van der Waals surface area (Å²) in [6, 6.07) is 0. The van der Waals surface area contributed by atoms with E-state index in [1.807, 2.05) is 0 Å². The third kappa shape index (κ3) is 67.0. The number of hydrogen-bond donors (Lipinski definition) is 0. The van der Waals surface area contributed by atoms with Crippen molar-refractivity contribution in [1.29, 1.82) is 0 Å². The molecule has 0 rings (SSSR count). The molecule has 0 amide bonds. The molecule has 0 heterocycles. The van der Waals surface area contributed by atoms with Crippen LogP contribution in [-0.4, -0.2) is 37.2 Å². The van der Waals surface area contributed by atoms with Crippen LogP contribution < -0.4 is 0 Å². The van der Waals surface area contributed by atoms with E-state index in [0.717, 1.165) is 116 Å². The van der Waals surface area contributed by atoms with Crippen molar-refractivity contribution in [3.8, 4) is 0 Å². The molecule has 81 heavy (non-hydrogen) atoms. The Hall–Kier alpha value is -3.67. The lowest BCUT2D eigenvalue weighted by Gasteiger charge is -2.18. The fourth-order valence-corrected chi connectivity index (χ4v) is 9.93. The van der Waals surface area contributed by atoms with Crippen LogP contribution in [0, 0.1) is 0 Å². The van der Waals surface area contributed by atoms with E-state index in [4.69, 9.17) is 14.2 Å². The number of carbonyl (C=O) groups is 3. The molecule has 0 aromatic heterocycles. The summed E-state index contributed by atoms with van der Waals surface area (Å²) in [6.07, 6.45) is 93.0. The molecule has 1 unspecified atom stereocenters. The molecule has 0 aliphatic heterocycles. The van der Waals surface area contributed by atoms with Gasteiger partial charge in [0.2, 0.25) is 0 Å². The topological polar surface area (TPSA) is 78.9 Å². The van der Waals surface area contributed by atoms with Crippen LogP contribution in [0.2, 0.25) is 0 Å². The Bertz CT molecular complexity index is 1580. The summed E-state index contributed by atoms with van der Waals surface area (Å²) in [6.45, 7) is 6.54. The zero-order chi connectivity index (χ0) is 58.5. The van der Waals surface area contributed by atoms with Crippen molar-refractivity contribution in [3.05, 3.63) is 97.2 Å². The van der Waals surface area contributed by atoms with E-state index in [1.165, 1.54) is 186 Å². The first-order valence-electron chi connectivity index (χ1n) is 34.7. The highest BCUT2D eigenvalue weighted by atomic mass is 16.6. The van der Waals surface area contributed by atoms with Gasteiger partial charge in [-0.1, -0.05) is 336 Å². The first kappa shape index (κ1) is 77.3. The predicted octanol–water partition coefficient (Wildman–Crippen LogP) is 24.0. The molecule has 6 nitrogen and oxygen atoms in total.